The Labute approximate surface area is 119 Å². The fourth-order valence-electron chi connectivity index (χ4n) is 1.71. The summed E-state index contributed by atoms with van der Waals surface area (Å²) in [5.41, 5.74) is 0. The molecule has 6 nitrogen and oxygen atoms in total. The molecule has 0 saturated carbocycles. The highest BCUT2D eigenvalue weighted by atomic mass is 16.5. The monoisotopic (exact) mass is 288 g/mol. The van der Waals surface area contributed by atoms with Crippen molar-refractivity contribution in [2.45, 2.75) is 46.5 Å². The second kappa shape index (κ2) is 11.3. The SMILES string of the molecule is CCOC(=O)CCCC(CC(=O)OCC)C(=O)OCC. The predicted octanol–water partition coefficient (Wildman–Crippen LogP) is 1.85. The van der Waals surface area contributed by atoms with E-state index in [1.54, 1.807) is 20.8 Å². The highest BCUT2D eigenvalue weighted by Gasteiger charge is 2.24. The van der Waals surface area contributed by atoms with Gasteiger partial charge < -0.3 is 14.2 Å². The molecule has 0 aromatic heterocycles. The Balaban J connectivity index is 4.27. The maximum absolute atomic E-state index is 11.7. The number of esters is 3. The van der Waals surface area contributed by atoms with Crippen LogP contribution in [0.5, 0.6) is 0 Å². The van der Waals surface area contributed by atoms with Gasteiger partial charge in [0.05, 0.1) is 32.2 Å². The van der Waals surface area contributed by atoms with Gasteiger partial charge in [-0.1, -0.05) is 0 Å². The average Bonchev–Trinajstić information content (AvgIpc) is 2.38. The summed E-state index contributed by atoms with van der Waals surface area (Å²) < 4.78 is 14.6. The number of hydrogen-bond donors (Lipinski definition) is 0. The summed E-state index contributed by atoms with van der Waals surface area (Å²) >= 11 is 0. The van der Waals surface area contributed by atoms with Gasteiger partial charge in [-0.2, -0.15) is 0 Å². The standard InChI is InChI=1S/C14H24O6/c1-4-18-12(15)9-7-8-11(14(17)20-6-3)10-13(16)19-5-2/h11H,4-10H2,1-3H3. The minimum atomic E-state index is -0.566. The average molecular weight is 288 g/mol. The van der Waals surface area contributed by atoms with Crippen molar-refractivity contribution in [3.05, 3.63) is 0 Å². The first kappa shape index (κ1) is 18.4. The minimum Gasteiger partial charge on any atom is -0.466 e. The van der Waals surface area contributed by atoms with Crippen molar-refractivity contribution in [1.29, 1.82) is 0 Å². The van der Waals surface area contributed by atoms with E-state index >= 15 is 0 Å². The van der Waals surface area contributed by atoms with Crippen LogP contribution in [0, 0.1) is 5.92 Å². The molecule has 0 aliphatic heterocycles. The van der Waals surface area contributed by atoms with Crippen LogP contribution in [-0.4, -0.2) is 37.7 Å². The third kappa shape index (κ3) is 8.50. The van der Waals surface area contributed by atoms with Gasteiger partial charge in [-0.05, 0) is 33.6 Å². The zero-order chi connectivity index (χ0) is 15.4. The van der Waals surface area contributed by atoms with Gasteiger partial charge >= 0.3 is 17.9 Å². The summed E-state index contributed by atoms with van der Waals surface area (Å²) in [5.74, 6) is -1.72. The number of hydrogen-bond acceptors (Lipinski definition) is 6. The van der Waals surface area contributed by atoms with Gasteiger partial charge in [0.1, 0.15) is 0 Å². The highest BCUT2D eigenvalue weighted by molar-refractivity contribution is 5.80. The number of carbonyl (C=O) groups excluding carboxylic acids is 3. The highest BCUT2D eigenvalue weighted by Crippen LogP contribution is 2.16. The van der Waals surface area contributed by atoms with Crippen molar-refractivity contribution < 1.29 is 28.6 Å². The van der Waals surface area contributed by atoms with Crippen molar-refractivity contribution >= 4 is 17.9 Å². The van der Waals surface area contributed by atoms with E-state index in [0.717, 1.165) is 0 Å². The number of carbonyl (C=O) groups is 3. The fourth-order valence-corrected chi connectivity index (χ4v) is 1.71. The van der Waals surface area contributed by atoms with Gasteiger partial charge in [0.2, 0.25) is 0 Å². The zero-order valence-corrected chi connectivity index (χ0v) is 12.5. The third-order valence-corrected chi connectivity index (χ3v) is 2.58. The van der Waals surface area contributed by atoms with Crippen LogP contribution in [0.25, 0.3) is 0 Å². The summed E-state index contributed by atoms with van der Waals surface area (Å²) in [6.45, 7) is 6.02. The molecular weight excluding hydrogens is 264 g/mol. The molecule has 1 unspecified atom stereocenters. The second-order valence-corrected chi connectivity index (χ2v) is 4.16. The van der Waals surface area contributed by atoms with Crippen LogP contribution in [0.2, 0.25) is 0 Å². The second-order valence-electron chi connectivity index (χ2n) is 4.16. The molecule has 0 heterocycles. The number of rotatable bonds is 10. The molecule has 6 heteroatoms. The smallest absolute Gasteiger partial charge is 0.309 e. The first-order valence-corrected chi connectivity index (χ1v) is 7.02. The molecule has 0 radical (unpaired) electrons. The predicted molar refractivity (Wildman–Crippen MR) is 71.9 cm³/mol. The lowest BCUT2D eigenvalue weighted by atomic mass is 9.98. The van der Waals surface area contributed by atoms with E-state index in [0.29, 0.717) is 19.4 Å². The van der Waals surface area contributed by atoms with Crippen molar-refractivity contribution in [2.75, 3.05) is 19.8 Å². The zero-order valence-electron chi connectivity index (χ0n) is 12.5. The Kier molecular flexibility index (Phi) is 10.4. The molecule has 1 atom stereocenters. The van der Waals surface area contributed by atoms with E-state index in [4.69, 9.17) is 14.2 Å². The normalized spacial score (nSPS) is 11.6. The van der Waals surface area contributed by atoms with Crippen molar-refractivity contribution in [3.63, 3.8) is 0 Å². The molecule has 0 aliphatic rings. The molecule has 0 saturated heterocycles. The largest absolute Gasteiger partial charge is 0.466 e. The summed E-state index contributed by atoms with van der Waals surface area (Å²) in [7, 11) is 0. The Hall–Kier alpha value is -1.59. The molecular formula is C14H24O6. The fraction of sp³-hybridized carbons (Fsp3) is 0.786. The minimum absolute atomic E-state index is 0.0184. The summed E-state index contributed by atoms with van der Waals surface area (Å²) in [6.07, 6.45) is 1.08. The molecule has 20 heavy (non-hydrogen) atoms. The van der Waals surface area contributed by atoms with Crippen LogP contribution in [0.3, 0.4) is 0 Å². The van der Waals surface area contributed by atoms with Crippen LogP contribution < -0.4 is 0 Å². The first-order valence-electron chi connectivity index (χ1n) is 7.02. The van der Waals surface area contributed by atoms with Crippen molar-refractivity contribution in [2.24, 2.45) is 5.92 Å². The summed E-state index contributed by atoms with van der Waals surface area (Å²) in [4.78, 5) is 34.4. The lowest BCUT2D eigenvalue weighted by Gasteiger charge is -2.14. The quantitative estimate of drug-likeness (QED) is 0.451. The molecule has 0 fully saturated rings. The van der Waals surface area contributed by atoms with Gasteiger partial charge in [0, 0.05) is 6.42 Å². The van der Waals surface area contributed by atoms with Gasteiger partial charge in [-0.15, -0.1) is 0 Å². The van der Waals surface area contributed by atoms with E-state index in [9.17, 15) is 14.4 Å². The molecule has 0 rings (SSSR count). The van der Waals surface area contributed by atoms with Gasteiger partial charge in [0.25, 0.3) is 0 Å². The number of ether oxygens (including phenoxy) is 3. The van der Waals surface area contributed by atoms with Crippen molar-refractivity contribution in [1.82, 2.24) is 0 Å². The lowest BCUT2D eigenvalue weighted by Crippen LogP contribution is -2.22. The molecule has 0 spiro atoms. The van der Waals surface area contributed by atoms with E-state index in [1.807, 2.05) is 0 Å². The van der Waals surface area contributed by atoms with Crippen LogP contribution >= 0.6 is 0 Å². The molecule has 116 valence electrons. The lowest BCUT2D eigenvalue weighted by molar-refractivity contribution is -0.155. The summed E-state index contributed by atoms with van der Waals surface area (Å²) in [6, 6.07) is 0. The van der Waals surface area contributed by atoms with Crippen molar-refractivity contribution in [3.8, 4) is 0 Å². The topological polar surface area (TPSA) is 78.9 Å². The molecule has 0 bridgehead atoms. The molecule has 0 aromatic carbocycles. The van der Waals surface area contributed by atoms with E-state index in [1.165, 1.54) is 0 Å². The summed E-state index contributed by atoms with van der Waals surface area (Å²) in [5, 5.41) is 0. The molecule has 0 aliphatic carbocycles. The van der Waals surface area contributed by atoms with Crippen LogP contribution in [0.4, 0.5) is 0 Å². The maximum atomic E-state index is 11.7. The van der Waals surface area contributed by atoms with Gasteiger partial charge in [0.15, 0.2) is 0 Å². The first-order chi connectivity index (χ1) is 9.54. The van der Waals surface area contributed by atoms with E-state index in [2.05, 4.69) is 0 Å². The van der Waals surface area contributed by atoms with Gasteiger partial charge in [-0.25, -0.2) is 0 Å². The Morgan fingerprint density at radius 3 is 1.95 bits per heavy atom. The van der Waals surface area contributed by atoms with Crippen LogP contribution in [0.1, 0.15) is 46.5 Å². The van der Waals surface area contributed by atoms with Crippen LogP contribution in [0.15, 0.2) is 0 Å². The Morgan fingerprint density at radius 2 is 1.40 bits per heavy atom. The maximum Gasteiger partial charge on any atom is 0.309 e. The molecule has 0 N–H and O–H groups in total. The molecule has 0 aromatic rings. The van der Waals surface area contributed by atoms with Gasteiger partial charge in [-0.3, -0.25) is 14.4 Å². The molecule has 0 amide bonds. The Bertz CT molecular complexity index is 313. The van der Waals surface area contributed by atoms with Crippen LogP contribution in [-0.2, 0) is 28.6 Å². The van der Waals surface area contributed by atoms with E-state index < -0.39 is 17.9 Å². The van der Waals surface area contributed by atoms with E-state index in [-0.39, 0.29) is 32.0 Å². The third-order valence-electron chi connectivity index (χ3n) is 2.58. The Morgan fingerprint density at radius 1 is 0.850 bits per heavy atom.